The van der Waals surface area contributed by atoms with Crippen LogP contribution in [-0.2, 0) is 19.6 Å². The second kappa shape index (κ2) is 12.1. The van der Waals surface area contributed by atoms with Gasteiger partial charge in [-0.25, -0.2) is 8.42 Å². The van der Waals surface area contributed by atoms with Gasteiger partial charge in [0.05, 0.1) is 35.1 Å². The zero-order valence-corrected chi connectivity index (χ0v) is 24.3. The number of carbonyl (C=O) groups is 2. The van der Waals surface area contributed by atoms with Gasteiger partial charge in [-0.1, -0.05) is 41.9 Å². The summed E-state index contributed by atoms with van der Waals surface area (Å²) in [7, 11) is -2.18. The second-order valence-electron chi connectivity index (χ2n) is 10.3. The van der Waals surface area contributed by atoms with Gasteiger partial charge in [-0.3, -0.25) is 14.3 Å². The first-order valence-corrected chi connectivity index (χ1v) is 15.3. The zero-order chi connectivity index (χ0) is 29.1. The van der Waals surface area contributed by atoms with Crippen LogP contribution in [0.3, 0.4) is 0 Å². The first kappa shape index (κ1) is 28.9. The summed E-state index contributed by atoms with van der Waals surface area (Å²) in [5.74, 6) is -0.0754. The Kier molecular flexibility index (Phi) is 8.53. The van der Waals surface area contributed by atoms with Crippen LogP contribution < -0.4 is 14.8 Å². The first-order chi connectivity index (χ1) is 19.6. The molecule has 41 heavy (non-hydrogen) atoms. The van der Waals surface area contributed by atoms with Crippen LogP contribution in [0.5, 0.6) is 5.75 Å². The highest BCUT2D eigenvalue weighted by atomic mass is 35.5. The number of ether oxygens (including phenoxy) is 2. The number of likely N-dealkylation sites (N-methyl/N-ethyl adjacent to an activating group) is 1. The minimum absolute atomic E-state index is 0.0493. The summed E-state index contributed by atoms with van der Waals surface area (Å²) < 4.78 is 40.5. The van der Waals surface area contributed by atoms with Crippen molar-refractivity contribution in [1.29, 1.82) is 0 Å². The van der Waals surface area contributed by atoms with Crippen molar-refractivity contribution in [3.05, 3.63) is 88.9 Å². The molecule has 0 saturated carbocycles. The number of carbonyl (C=O) groups excluding carboxylic acids is 2. The molecule has 0 aromatic heterocycles. The second-order valence-corrected chi connectivity index (χ2v) is 12.5. The van der Waals surface area contributed by atoms with Crippen molar-refractivity contribution in [2.45, 2.75) is 55.4 Å². The van der Waals surface area contributed by atoms with Crippen LogP contribution in [0, 0.1) is 0 Å². The number of rotatable bonds is 7. The lowest BCUT2D eigenvalue weighted by atomic mass is 9.94. The van der Waals surface area contributed by atoms with Gasteiger partial charge in [0.25, 0.3) is 15.9 Å². The maximum atomic E-state index is 13.5. The molecule has 9 nitrogen and oxygen atoms in total. The molecule has 3 aromatic rings. The third-order valence-electron chi connectivity index (χ3n) is 7.48. The molecule has 2 amide bonds. The van der Waals surface area contributed by atoms with E-state index in [4.69, 9.17) is 21.1 Å². The molecular weight excluding hydrogens is 566 g/mol. The van der Waals surface area contributed by atoms with Gasteiger partial charge in [-0.05, 0) is 67.8 Å². The van der Waals surface area contributed by atoms with Crippen LogP contribution in [0.4, 0.5) is 5.69 Å². The Labute approximate surface area is 244 Å². The molecule has 1 fully saturated rings. The Balaban J connectivity index is 1.25. The standard InChI is InChI=1S/C30H32ClN3O6S/c1-19(20-6-4-3-5-7-20)32-29(35)17-23-11-14-26-28(40-23)18-39-27-15-10-22(16-25(27)30(36)34(26)2)33-41(37,38)24-12-8-21(31)9-13-24/h3-10,12-13,15-16,19,23,26,28,33H,11,14,17-18H2,1-2H3,(H,32,35)/t19-,23-,26+,28+/m0/s1. The van der Waals surface area contributed by atoms with Crippen LogP contribution >= 0.6 is 11.6 Å². The van der Waals surface area contributed by atoms with Crippen molar-refractivity contribution >= 4 is 39.1 Å². The third-order valence-corrected chi connectivity index (χ3v) is 9.13. The topological polar surface area (TPSA) is 114 Å². The molecule has 3 aromatic carbocycles. The maximum absolute atomic E-state index is 13.5. The van der Waals surface area contributed by atoms with Crippen LogP contribution in [-0.4, -0.2) is 57.0 Å². The monoisotopic (exact) mass is 597 g/mol. The number of nitrogens with one attached hydrogen (secondary N) is 2. The van der Waals surface area contributed by atoms with E-state index in [2.05, 4.69) is 10.0 Å². The average molecular weight is 598 g/mol. The minimum atomic E-state index is -3.89. The Morgan fingerprint density at radius 1 is 1.07 bits per heavy atom. The van der Waals surface area contributed by atoms with E-state index >= 15 is 0 Å². The molecule has 11 heteroatoms. The summed E-state index contributed by atoms with van der Waals surface area (Å²) in [6.07, 6.45) is 0.750. The Hall–Kier alpha value is -3.60. The number of nitrogens with zero attached hydrogens (tertiary/aromatic N) is 1. The molecule has 4 atom stereocenters. The molecule has 0 radical (unpaired) electrons. The average Bonchev–Trinajstić information content (AvgIpc) is 2.95. The molecule has 0 aliphatic carbocycles. The third kappa shape index (κ3) is 6.66. The lowest BCUT2D eigenvalue weighted by molar-refractivity contribution is -0.134. The van der Waals surface area contributed by atoms with E-state index in [9.17, 15) is 18.0 Å². The summed E-state index contributed by atoms with van der Waals surface area (Å²) >= 11 is 5.88. The number of amides is 2. The largest absolute Gasteiger partial charge is 0.490 e. The Morgan fingerprint density at radius 2 is 1.80 bits per heavy atom. The molecule has 2 aliphatic rings. The number of hydrogen-bond donors (Lipinski definition) is 2. The fourth-order valence-electron chi connectivity index (χ4n) is 5.25. The SMILES string of the molecule is C[C@H](NC(=O)C[C@@H]1CC[C@@H]2[C@@H](COc3ccc(NS(=O)(=O)c4ccc(Cl)cc4)cc3C(=O)N2C)O1)c1ccccc1. The maximum Gasteiger partial charge on any atom is 0.261 e. The van der Waals surface area contributed by atoms with E-state index < -0.39 is 16.1 Å². The molecule has 216 valence electrons. The molecule has 0 unspecified atom stereocenters. The van der Waals surface area contributed by atoms with Crippen molar-refractivity contribution < 1.29 is 27.5 Å². The number of fused-ring (bicyclic) bond motifs is 2. The normalized spacial score (nSPS) is 21.4. The van der Waals surface area contributed by atoms with E-state index in [0.717, 1.165) is 5.56 Å². The van der Waals surface area contributed by atoms with Crippen LogP contribution in [0.25, 0.3) is 0 Å². The summed E-state index contributed by atoms with van der Waals surface area (Å²) in [5.41, 5.74) is 1.51. The molecule has 1 saturated heterocycles. The van der Waals surface area contributed by atoms with Crippen molar-refractivity contribution in [2.24, 2.45) is 0 Å². The quantitative estimate of drug-likeness (QED) is 0.405. The van der Waals surface area contributed by atoms with Crippen molar-refractivity contribution in [1.82, 2.24) is 10.2 Å². The number of halogens is 1. The smallest absolute Gasteiger partial charge is 0.261 e. The lowest BCUT2D eigenvalue weighted by Gasteiger charge is -2.42. The molecule has 0 bridgehead atoms. The van der Waals surface area contributed by atoms with E-state index in [1.54, 1.807) is 24.1 Å². The van der Waals surface area contributed by atoms with Gasteiger partial charge >= 0.3 is 0 Å². The van der Waals surface area contributed by atoms with E-state index in [-0.39, 0.29) is 59.2 Å². The summed E-state index contributed by atoms with van der Waals surface area (Å²) in [6.45, 7) is 2.13. The van der Waals surface area contributed by atoms with Gasteiger partial charge in [0, 0.05) is 17.8 Å². The molecule has 2 aliphatic heterocycles. The van der Waals surface area contributed by atoms with Gasteiger partial charge in [0.1, 0.15) is 18.5 Å². The first-order valence-electron chi connectivity index (χ1n) is 13.4. The molecule has 2 heterocycles. The highest BCUT2D eigenvalue weighted by Crippen LogP contribution is 2.33. The minimum Gasteiger partial charge on any atom is -0.490 e. The highest BCUT2D eigenvalue weighted by Gasteiger charge is 2.39. The fourth-order valence-corrected chi connectivity index (χ4v) is 6.43. The van der Waals surface area contributed by atoms with E-state index in [0.29, 0.717) is 23.6 Å². The van der Waals surface area contributed by atoms with Gasteiger partial charge in [0.15, 0.2) is 0 Å². The van der Waals surface area contributed by atoms with Crippen molar-refractivity contribution in [3.63, 3.8) is 0 Å². The summed E-state index contributed by atoms with van der Waals surface area (Å²) in [4.78, 5) is 27.9. The number of anilines is 1. The van der Waals surface area contributed by atoms with Crippen LogP contribution in [0.2, 0.25) is 5.02 Å². The van der Waals surface area contributed by atoms with E-state index in [1.165, 1.54) is 30.3 Å². The van der Waals surface area contributed by atoms with E-state index in [1.807, 2.05) is 37.3 Å². The number of hydrogen-bond acceptors (Lipinski definition) is 6. The summed E-state index contributed by atoms with van der Waals surface area (Å²) in [6, 6.07) is 19.8. The van der Waals surface area contributed by atoms with Crippen molar-refractivity contribution in [3.8, 4) is 5.75 Å². The summed E-state index contributed by atoms with van der Waals surface area (Å²) in [5, 5.41) is 3.46. The zero-order valence-electron chi connectivity index (χ0n) is 22.7. The molecular formula is C30H32ClN3O6S. The van der Waals surface area contributed by atoms with Crippen LogP contribution in [0.1, 0.15) is 48.1 Å². The van der Waals surface area contributed by atoms with Crippen molar-refractivity contribution in [2.75, 3.05) is 18.4 Å². The molecule has 5 rings (SSSR count). The lowest BCUT2D eigenvalue weighted by Crippen LogP contribution is -2.54. The van der Waals surface area contributed by atoms with Gasteiger partial charge in [-0.15, -0.1) is 0 Å². The van der Waals surface area contributed by atoms with Gasteiger partial charge in [-0.2, -0.15) is 0 Å². The predicted molar refractivity (Wildman–Crippen MR) is 156 cm³/mol. The predicted octanol–water partition coefficient (Wildman–Crippen LogP) is 4.79. The fraction of sp³-hybridized carbons (Fsp3) is 0.333. The highest BCUT2D eigenvalue weighted by molar-refractivity contribution is 7.92. The van der Waals surface area contributed by atoms with Crippen LogP contribution in [0.15, 0.2) is 77.7 Å². The Bertz CT molecular complexity index is 1520. The number of sulfonamides is 1. The van der Waals surface area contributed by atoms with Gasteiger partial charge < -0.3 is 19.7 Å². The molecule has 2 N–H and O–H groups in total. The number of benzene rings is 3. The Morgan fingerprint density at radius 3 is 2.54 bits per heavy atom. The molecule has 0 spiro atoms. The van der Waals surface area contributed by atoms with Gasteiger partial charge in [0.2, 0.25) is 5.91 Å².